The number of amides is 1. The summed E-state index contributed by atoms with van der Waals surface area (Å²) in [6.45, 7) is 15.9. The Morgan fingerprint density at radius 3 is 2.17 bits per heavy atom. The number of carbonyl (C=O) groups excluding carboxylic acids is 2. The van der Waals surface area contributed by atoms with Gasteiger partial charge in [-0.05, 0) is 51.5 Å². The van der Waals surface area contributed by atoms with Gasteiger partial charge in [0.25, 0.3) is 0 Å². The third-order valence-electron chi connectivity index (χ3n) is 9.76. The third-order valence-corrected chi connectivity index (χ3v) is 9.76. The fraction of sp³-hybridized carbons (Fsp3) is 0.438. The molecule has 2 unspecified atom stereocenters. The lowest BCUT2D eigenvalue weighted by atomic mass is 9.76. The molecule has 0 saturated heterocycles. The molecular formula is C32H42N4O6. The molecule has 0 fully saturated rings. The molecule has 2 aromatic carbocycles. The molecule has 2 atom stereocenters. The number of likely N-dealkylation sites (N-methyl/N-ethyl adjacent to an activating group) is 2. The van der Waals surface area contributed by atoms with Crippen LogP contribution in [0.3, 0.4) is 0 Å². The minimum atomic E-state index is -0.308. The number of fused-ring (bicyclic) bond motifs is 2. The summed E-state index contributed by atoms with van der Waals surface area (Å²) >= 11 is 0. The summed E-state index contributed by atoms with van der Waals surface area (Å²) in [5.74, 6) is -0.705. The van der Waals surface area contributed by atoms with E-state index in [1.54, 1.807) is 0 Å². The Balaban J connectivity index is 0.00000242. The molecular weight excluding hydrogens is 536 g/mol. The van der Waals surface area contributed by atoms with Crippen LogP contribution in [0.1, 0.15) is 72.1 Å². The van der Waals surface area contributed by atoms with Crippen molar-refractivity contribution in [2.45, 2.75) is 78.3 Å². The summed E-state index contributed by atoms with van der Waals surface area (Å²) in [5.41, 5.74) is 4.61. The molecule has 0 radical (unpaired) electrons. The van der Waals surface area contributed by atoms with Crippen LogP contribution in [-0.2, 0) is 20.4 Å². The van der Waals surface area contributed by atoms with Crippen molar-refractivity contribution in [3.63, 3.8) is 0 Å². The zero-order chi connectivity index (χ0) is 29.6. The first kappa shape index (κ1) is 32.5. The molecule has 0 aromatic heterocycles. The van der Waals surface area contributed by atoms with E-state index < -0.39 is 0 Å². The van der Waals surface area contributed by atoms with E-state index in [0.29, 0.717) is 22.2 Å². The Labute approximate surface area is 246 Å². The maximum Gasteiger partial charge on any atom is 0.334 e. The van der Waals surface area contributed by atoms with Crippen molar-refractivity contribution in [2.75, 3.05) is 24.3 Å². The molecule has 2 aliphatic heterocycles. The zero-order valence-corrected chi connectivity index (χ0v) is 26.0. The number of nitrogens with one attached hydrogen (secondary N) is 2. The van der Waals surface area contributed by atoms with E-state index in [1.807, 2.05) is 38.4 Å². The lowest BCUT2D eigenvalue weighted by molar-refractivity contribution is -0.367. The summed E-state index contributed by atoms with van der Waals surface area (Å²) in [4.78, 5) is 31.3. The Morgan fingerprint density at radius 1 is 1.00 bits per heavy atom. The van der Waals surface area contributed by atoms with Gasteiger partial charge in [-0.2, -0.15) is 4.99 Å². The summed E-state index contributed by atoms with van der Waals surface area (Å²) in [6, 6.07) is 8.13. The molecule has 226 valence electrons. The molecule has 0 bridgehead atoms. The van der Waals surface area contributed by atoms with Gasteiger partial charge in [0.1, 0.15) is 12.8 Å². The molecule has 1 aliphatic carbocycles. The fourth-order valence-corrected chi connectivity index (χ4v) is 6.54. The van der Waals surface area contributed by atoms with Crippen molar-refractivity contribution in [2.24, 2.45) is 0 Å². The minimum absolute atomic E-state index is 0. The summed E-state index contributed by atoms with van der Waals surface area (Å²) in [7, 11) is 4.06. The SMILES string of the molecule is CC(=O)Nc1cc2c(cc1C1=C(O)C(=c3cc4c(cc3[NH+]=C(C)O)=[N+](C)C(C)C4(C)C)C1=O)C(C)(C)C(C)N2C.[OH-].[OH-]. The van der Waals surface area contributed by atoms with Gasteiger partial charge in [0.2, 0.25) is 22.7 Å². The minimum Gasteiger partial charge on any atom is -0.870 e. The number of ketones is 1. The van der Waals surface area contributed by atoms with Crippen LogP contribution >= 0.6 is 0 Å². The van der Waals surface area contributed by atoms with Crippen LogP contribution in [0.25, 0.3) is 11.1 Å². The number of anilines is 2. The molecule has 10 heteroatoms. The van der Waals surface area contributed by atoms with Crippen molar-refractivity contribution >= 4 is 45.8 Å². The number of carbonyl (C=O) groups is 2. The predicted molar refractivity (Wildman–Crippen MR) is 163 cm³/mol. The lowest BCUT2D eigenvalue weighted by Crippen LogP contribution is -2.68. The summed E-state index contributed by atoms with van der Waals surface area (Å²) in [5, 5.41) is 26.0. The van der Waals surface area contributed by atoms with E-state index in [-0.39, 0.29) is 68.4 Å². The number of hydrogen-bond donors (Lipinski definition) is 4. The Morgan fingerprint density at radius 2 is 1.62 bits per heavy atom. The molecule has 6 N–H and O–H groups in total. The first-order valence-corrected chi connectivity index (χ1v) is 13.8. The van der Waals surface area contributed by atoms with Crippen LogP contribution in [0, 0.1) is 0 Å². The number of Topliss-reactive ketones (excluding diaryl/α,β-unsaturated/α-hetero) is 1. The Kier molecular flexibility index (Phi) is 8.01. The van der Waals surface area contributed by atoms with Crippen LogP contribution in [0.15, 0.2) is 30.0 Å². The number of aliphatic hydroxyl groups is 2. The van der Waals surface area contributed by atoms with Gasteiger partial charge in [0.15, 0.2) is 6.04 Å². The molecule has 5 rings (SSSR count). The Hall–Kier alpha value is -4.02. The number of rotatable bonds is 3. The Bertz CT molecular complexity index is 1710. The molecule has 0 saturated carbocycles. The summed E-state index contributed by atoms with van der Waals surface area (Å²) < 4.78 is 2.19. The largest absolute Gasteiger partial charge is 0.870 e. The molecule has 2 heterocycles. The average Bonchev–Trinajstić information content (AvgIpc) is 3.13. The molecule has 42 heavy (non-hydrogen) atoms. The smallest absolute Gasteiger partial charge is 0.334 e. The lowest BCUT2D eigenvalue weighted by Gasteiger charge is -2.28. The van der Waals surface area contributed by atoms with E-state index in [4.69, 9.17) is 0 Å². The van der Waals surface area contributed by atoms with E-state index in [1.165, 1.54) is 13.8 Å². The number of aliphatic hydroxyl groups excluding tert-OH is 2. The molecule has 1 amide bonds. The van der Waals surface area contributed by atoms with Crippen molar-refractivity contribution < 1.29 is 35.7 Å². The standard InChI is InChI=1S/C32H38N4O4.2H2O/c1-15-31(5,6)21-11-19(23(33-17(3)37)13-25(21)35(15)9)27-29(39)28(30(27)40)20-12-22-26(14-24(20)34-18(4)38)36(10)16(2)32(22,7)8;;/h11-16H,1-10H3,(H2,33,34,37,38,39,40);2*1H2. The fourth-order valence-electron chi connectivity index (χ4n) is 6.54. The van der Waals surface area contributed by atoms with Crippen LogP contribution in [-0.4, -0.2) is 64.9 Å². The van der Waals surface area contributed by atoms with E-state index in [0.717, 1.165) is 22.2 Å². The molecule has 10 nitrogen and oxygen atoms in total. The van der Waals surface area contributed by atoms with Crippen LogP contribution in [0.2, 0.25) is 0 Å². The topological polar surface area (TPSA) is 167 Å². The first-order chi connectivity index (χ1) is 18.5. The zero-order valence-electron chi connectivity index (χ0n) is 26.0. The number of allylic oxidation sites excluding steroid dienone is 2. The highest BCUT2D eigenvalue weighted by atomic mass is 16.3. The normalized spacial score (nSPS) is 23.1. The highest BCUT2D eigenvalue weighted by Gasteiger charge is 2.46. The van der Waals surface area contributed by atoms with Gasteiger partial charge < -0.3 is 31.4 Å². The maximum absolute atomic E-state index is 13.9. The van der Waals surface area contributed by atoms with Gasteiger partial charge in [-0.1, -0.05) is 13.8 Å². The highest BCUT2D eigenvalue weighted by Crippen LogP contribution is 2.49. The van der Waals surface area contributed by atoms with E-state index in [2.05, 4.69) is 61.3 Å². The second kappa shape index (κ2) is 10.4. The van der Waals surface area contributed by atoms with Crippen LogP contribution in [0.5, 0.6) is 0 Å². The van der Waals surface area contributed by atoms with Gasteiger partial charge in [0.05, 0.1) is 40.5 Å². The van der Waals surface area contributed by atoms with E-state index >= 15 is 0 Å². The van der Waals surface area contributed by atoms with Gasteiger partial charge in [-0.25, -0.2) is 4.58 Å². The second-order valence-electron chi connectivity index (χ2n) is 12.7. The van der Waals surface area contributed by atoms with Crippen molar-refractivity contribution in [1.82, 2.24) is 4.58 Å². The number of benzene rings is 2. The maximum atomic E-state index is 13.9. The average molecular weight is 579 g/mol. The molecule has 0 spiro atoms. The summed E-state index contributed by atoms with van der Waals surface area (Å²) in [6.07, 6.45) is 0. The van der Waals surface area contributed by atoms with Gasteiger partial charge in [-0.3, -0.25) is 9.59 Å². The molecule has 2 aromatic rings. The van der Waals surface area contributed by atoms with Crippen molar-refractivity contribution in [3.05, 3.63) is 57.3 Å². The number of nitrogens with zero attached hydrogens (tertiary/aromatic N) is 2. The van der Waals surface area contributed by atoms with Crippen LogP contribution < -0.4 is 30.4 Å². The van der Waals surface area contributed by atoms with Gasteiger partial charge in [0, 0.05) is 42.2 Å². The molecule has 3 aliphatic rings. The number of hydrogen-bond acceptors (Lipinski definition) is 6. The highest BCUT2D eigenvalue weighted by molar-refractivity contribution is 6.52. The monoisotopic (exact) mass is 578 g/mol. The third kappa shape index (κ3) is 4.40. The quantitative estimate of drug-likeness (QED) is 0.244. The van der Waals surface area contributed by atoms with Gasteiger partial charge in [-0.15, -0.1) is 0 Å². The van der Waals surface area contributed by atoms with Crippen molar-refractivity contribution in [1.29, 1.82) is 0 Å². The van der Waals surface area contributed by atoms with Gasteiger partial charge >= 0.3 is 5.90 Å². The van der Waals surface area contributed by atoms with E-state index in [9.17, 15) is 19.8 Å². The van der Waals surface area contributed by atoms with Crippen LogP contribution in [0.4, 0.5) is 17.1 Å². The second-order valence-corrected chi connectivity index (χ2v) is 12.7. The first-order valence-electron chi connectivity index (χ1n) is 13.8. The van der Waals surface area contributed by atoms with Crippen molar-refractivity contribution in [3.8, 4) is 0 Å². The predicted octanol–water partition coefficient (Wildman–Crippen LogP) is 1.60.